The Morgan fingerprint density at radius 2 is 2.19 bits per heavy atom. The third-order valence-electron chi connectivity index (χ3n) is 3.56. The second kappa shape index (κ2) is 6.51. The lowest BCUT2D eigenvalue weighted by molar-refractivity contribution is -0.137. The van der Waals surface area contributed by atoms with Gasteiger partial charge in [0.25, 0.3) is 0 Å². The van der Waals surface area contributed by atoms with Gasteiger partial charge in [-0.3, -0.25) is 0 Å². The number of anilines is 2. The summed E-state index contributed by atoms with van der Waals surface area (Å²) in [5, 5.41) is 12.1. The number of aromatic nitrogens is 1. The van der Waals surface area contributed by atoms with Crippen LogP contribution in [0.3, 0.4) is 0 Å². The van der Waals surface area contributed by atoms with Crippen LogP contribution in [0.4, 0.5) is 24.8 Å². The second-order valence-corrected chi connectivity index (χ2v) is 5.31. The third kappa shape index (κ3) is 4.00. The fraction of sp³-hybridized carbons (Fsp3) is 0.643. The van der Waals surface area contributed by atoms with Gasteiger partial charge < -0.3 is 15.3 Å². The van der Waals surface area contributed by atoms with Gasteiger partial charge in [0.1, 0.15) is 11.6 Å². The SMILES string of the molecule is CCCNc1cc(C(F)(F)F)cc(N2CCC(CO)C2)n1. The predicted molar refractivity (Wildman–Crippen MR) is 75.4 cm³/mol. The van der Waals surface area contributed by atoms with Crippen molar-refractivity contribution in [3.8, 4) is 0 Å². The van der Waals surface area contributed by atoms with Gasteiger partial charge in [0.2, 0.25) is 0 Å². The van der Waals surface area contributed by atoms with E-state index in [1.54, 1.807) is 4.90 Å². The number of rotatable bonds is 5. The van der Waals surface area contributed by atoms with Crippen LogP contribution in [0.15, 0.2) is 12.1 Å². The molecule has 118 valence electrons. The van der Waals surface area contributed by atoms with E-state index in [4.69, 9.17) is 5.11 Å². The Morgan fingerprint density at radius 1 is 1.43 bits per heavy atom. The summed E-state index contributed by atoms with van der Waals surface area (Å²) in [6.07, 6.45) is -2.81. The summed E-state index contributed by atoms with van der Waals surface area (Å²) in [4.78, 5) is 6.07. The molecule has 1 fully saturated rings. The van der Waals surface area contributed by atoms with Crippen LogP contribution < -0.4 is 10.2 Å². The number of hydrogen-bond acceptors (Lipinski definition) is 4. The Labute approximate surface area is 122 Å². The van der Waals surface area contributed by atoms with E-state index in [1.165, 1.54) is 0 Å². The highest BCUT2D eigenvalue weighted by Crippen LogP contribution is 2.34. The van der Waals surface area contributed by atoms with Gasteiger partial charge in [0, 0.05) is 32.2 Å². The summed E-state index contributed by atoms with van der Waals surface area (Å²) in [6.45, 7) is 3.72. The molecule has 1 aliphatic rings. The molecule has 1 aromatic rings. The molecule has 0 aliphatic carbocycles. The van der Waals surface area contributed by atoms with Crippen LogP contribution in [0.25, 0.3) is 0 Å². The summed E-state index contributed by atoms with van der Waals surface area (Å²) in [6, 6.07) is 2.12. The zero-order valence-corrected chi connectivity index (χ0v) is 12.0. The van der Waals surface area contributed by atoms with Crippen molar-refractivity contribution >= 4 is 11.6 Å². The molecule has 4 nitrogen and oxygen atoms in total. The minimum absolute atomic E-state index is 0.0520. The first-order valence-corrected chi connectivity index (χ1v) is 7.13. The minimum atomic E-state index is -4.39. The first kappa shape index (κ1) is 15.9. The van der Waals surface area contributed by atoms with E-state index in [2.05, 4.69) is 10.3 Å². The monoisotopic (exact) mass is 303 g/mol. The van der Waals surface area contributed by atoms with Crippen LogP contribution >= 0.6 is 0 Å². The molecule has 7 heteroatoms. The van der Waals surface area contributed by atoms with Crippen molar-refractivity contribution in [1.29, 1.82) is 0 Å². The van der Waals surface area contributed by atoms with E-state index >= 15 is 0 Å². The van der Waals surface area contributed by atoms with Crippen LogP contribution in [0.5, 0.6) is 0 Å². The Balaban J connectivity index is 2.27. The van der Waals surface area contributed by atoms with Crippen LogP contribution in [0.1, 0.15) is 25.3 Å². The van der Waals surface area contributed by atoms with Crippen LogP contribution in [-0.2, 0) is 6.18 Å². The molecule has 0 saturated carbocycles. The van der Waals surface area contributed by atoms with Gasteiger partial charge in [-0.1, -0.05) is 6.92 Å². The van der Waals surface area contributed by atoms with Crippen molar-refractivity contribution in [2.45, 2.75) is 25.9 Å². The maximum Gasteiger partial charge on any atom is 0.416 e. The van der Waals surface area contributed by atoms with E-state index in [0.717, 1.165) is 25.0 Å². The molecule has 1 unspecified atom stereocenters. The standard InChI is InChI=1S/C14H20F3N3O/c1-2-4-18-12-6-11(14(15,16)17)7-13(19-12)20-5-3-10(8-20)9-21/h6-7,10,21H,2-5,8-9H2,1H3,(H,18,19). The molecule has 0 amide bonds. The quantitative estimate of drug-likeness (QED) is 0.878. The Bertz CT molecular complexity index is 479. The van der Waals surface area contributed by atoms with Gasteiger partial charge >= 0.3 is 6.18 Å². The molecular weight excluding hydrogens is 283 g/mol. The van der Waals surface area contributed by atoms with Gasteiger partial charge in [-0.15, -0.1) is 0 Å². The highest BCUT2D eigenvalue weighted by atomic mass is 19.4. The summed E-state index contributed by atoms with van der Waals surface area (Å²) >= 11 is 0. The summed E-state index contributed by atoms with van der Waals surface area (Å²) < 4.78 is 39.0. The van der Waals surface area contributed by atoms with Crippen molar-refractivity contribution in [2.24, 2.45) is 5.92 Å². The highest BCUT2D eigenvalue weighted by Gasteiger charge is 2.33. The Kier molecular flexibility index (Phi) is 4.92. The van der Waals surface area contributed by atoms with Crippen LogP contribution in [-0.4, -0.2) is 36.3 Å². The smallest absolute Gasteiger partial charge is 0.396 e. The van der Waals surface area contributed by atoms with E-state index < -0.39 is 11.7 Å². The molecule has 1 aliphatic heterocycles. The van der Waals surface area contributed by atoms with E-state index in [1.807, 2.05) is 6.92 Å². The lowest BCUT2D eigenvalue weighted by atomic mass is 10.1. The summed E-state index contributed by atoms with van der Waals surface area (Å²) in [7, 11) is 0. The van der Waals surface area contributed by atoms with Gasteiger partial charge in [-0.05, 0) is 25.0 Å². The molecule has 0 aromatic carbocycles. The number of nitrogens with zero attached hydrogens (tertiary/aromatic N) is 2. The van der Waals surface area contributed by atoms with Crippen molar-refractivity contribution in [1.82, 2.24) is 4.98 Å². The summed E-state index contributed by atoms with van der Waals surface area (Å²) in [5.41, 5.74) is -0.696. The van der Waals surface area contributed by atoms with E-state index in [9.17, 15) is 13.2 Å². The third-order valence-corrected chi connectivity index (χ3v) is 3.56. The molecule has 0 spiro atoms. The van der Waals surface area contributed by atoms with Crippen LogP contribution in [0.2, 0.25) is 0 Å². The normalized spacial score (nSPS) is 19.1. The number of aliphatic hydroxyl groups is 1. The molecule has 2 rings (SSSR count). The molecule has 1 atom stereocenters. The molecule has 21 heavy (non-hydrogen) atoms. The van der Waals surface area contributed by atoms with Gasteiger partial charge in [0.05, 0.1) is 5.56 Å². The molecule has 1 aromatic heterocycles. The predicted octanol–water partition coefficient (Wildman–Crippen LogP) is 2.74. The van der Waals surface area contributed by atoms with Crippen molar-refractivity contribution in [3.05, 3.63) is 17.7 Å². The van der Waals surface area contributed by atoms with Gasteiger partial charge in [-0.2, -0.15) is 13.2 Å². The Hall–Kier alpha value is -1.50. The topological polar surface area (TPSA) is 48.4 Å². The zero-order chi connectivity index (χ0) is 15.5. The lowest BCUT2D eigenvalue weighted by Gasteiger charge is -2.20. The van der Waals surface area contributed by atoms with Crippen LogP contribution in [0, 0.1) is 5.92 Å². The van der Waals surface area contributed by atoms with Crippen molar-refractivity contribution < 1.29 is 18.3 Å². The first-order valence-electron chi connectivity index (χ1n) is 7.13. The number of halogens is 3. The first-order chi connectivity index (χ1) is 9.94. The fourth-order valence-corrected chi connectivity index (χ4v) is 2.38. The largest absolute Gasteiger partial charge is 0.416 e. The molecule has 2 N–H and O–H groups in total. The average molecular weight is 303 g/mol. The number of pyridine rings is 1. The number of aliphatic hydroxyl groups excluding tert-OH is 1. The minimum Gasteiger partial charge on any atom is -0.396 e. The van der Waals surface area contributed by atoms with Crippen molar-refractivity contribution in [2.75, 3.05) is 36.5 Å². The van der Waals surface area contributed by atoms with Gasteiger partial charge in [-0.25, -0.2) is 4.98 Å². The number of alkyl halides is 3. The number of nitrogens with one attached hydrogen (secondary N) is 1. The molecule has 0 radical (unpaired) electrons. The van der Waals surface area contributed by atoms with E-state index in [0.29, 0.717) is 25.5 Å². The second-order valence-electron chi connectivity index (χ2n) is 5.31. The maximum atomic E-state index is 13.0. The average Bonchev–Trinajstić information content (AvgIpc) is 2.93. The molecular formula is C14H20F3N3O. The van der Waals surface area contributed by atoms with Crippen molar-refractivity contribution in [3.63, 3.8) is 0 Å². The zero-order valence-electron chi connectivity index (χ0n) is 12.0. The highest BCUT2D eigenvalue weighted by molar-refractivity contribution is 5.52. The van der Waals surface area contributed by atoms with E-state index in [-0.39, 0.29) is 18.3 Å². The molecule has 2 heterocycles. The molecule has 0 bridgehead atoms. The Morgan fingerprint density at radius 3 is 2.76 bits per heavy atom. The molecule has 1 saturated heterocycles. The lowest BCUT2D eigenvalue weighted by Crippen LogP contribution is -2.23. The maximum absolute atomic E-state index is 13.0. The number of hydrogen-bond donors (Lipinski definition) is 2. The summed E-state index contributed by atoms with van der Waals surface area (Å²) in [5.74, 6) is 0.668. The fourth-order valence-electron chi connectivity index (χ4n) is 2.38. The van der Waals surface area contributed by atoms with Gasteiger partial charge in [0.15, 0.2) is 0 Å².